The number of Topliss-reactive ketones (excluding diaryl/α,β-unsaturated/α-hetero) is 4. The highest BCUT2D eigenvalue weighted by atomic mass is 16.6. The molecule has 0 radical (unpaired) electrons. The molecule has 0 aliphatic carbocycles. The smallest absolute Gasteiger partial charge is 0.163 e. The van der Waals surface area contributed by atoms with E-state index in [1.165, 1.54) is 0 Å². The summed E-state index contributed by atoms with van der Waals surface area (Å²) in [6.45, 7) is 20.8. The van der Waals surface area contributed by atoms with E-state index in [1.807, 2.05) is 0 Å². The molecule has 0 rings (SSSR count). The average molecular weight is 515 g/mol. The van der Waals surface area contributed by atoms with Crippen molar-refractivity contribution in [2.45, 2.75) is 95.3 Å². The van der Waals surface area contributed by atoms with Gasteiger partial charge in [-0.05, 0) is 0 Å². The predicted octanol–water partition coefficient (Wildman–Crippen LogP) is 4.25. The standard InChI is InChI=1S/C28H50O8/c1-25(2,3)21(29)15-33-13-19(35-17-23(31)27(7,8)9)20(36-18-24(32)28(10,11)12)14-34-16-22(30)26(4,5)6/h19-20H,13-18H2,1-12H3. The fraction of sp³-hybridized carbons (Fsp3) is 0.857. The highest BCUT2D eigenvalue weighted by molar-refractivity contribution is 5.86. The van der Waals surface area contributed by atoms with Crippen molar-refractivity contribution in [1.29, 1.82) is 0 Å². The van der Waals surface area contributed by atoms with Crippen LogP contribution in [0.5, 0.6) is 0 Å². The average Bonchev–Trinajstić information content (AvgIpc) is 2.69. The number of carbonyl (C=O) groups is 4. The summed E-state index contributed by atoms with van der Waals surface area (Å²) < 4.78 is 23.2. The van der Waals surface area contributed by atoms with Crippen molar-refractivity contribution < 1.29 is 38.1 Å². The maximum atomic E-state index is 12.5. The van der Waals surface area contributed by atoms with E-state index in [9.17, 15) is 19.2 Å². The topological polar surface area (TPSA) is 105 Å². The normalized spacial score (nSPS) is 14.9. The maximum Gasteiger partial charge on any atom is 0.163 e. The monoisotopic (exact) mass is 514 g/mol. The van der Waals surface area contributed by atoms with E-state index in [0.717, 1.165) is 0 Å². The number of ketones is 4. The minimum absolute atomic E-state index is 0.0514. The molecule has 2 atom stereocenters. The van der Waals surface area contributed by atoms with Crippen LogP contribution in [-0.2, 0) is 38.1 Å². The Morgan fingerprint density at radius 1 is 0.444 bits per heavy atom. The molecule has 0 saturated carbocycles. The zero-order valence-electron chi connectivity index (χ0n) is 24.7. The molecule has 0 bridgehead atoms. The molecule has 0 aromatic rings. The van der Waals surface area contributed by atoms with E-state index in [4.69, 9.17) is 18.9 Å². The molecule has 2 unspecified atom stereocenters. The molecule has 210 valence electrons. The lowest BCUT2D eigenvalue weighted by Crippen LogP contribution is -2.43. The summed E-state index contributed by atoms with van der Waals surface area (Å²) in [6.07, 6.45) is -1.61. The number of carbonyl (C=O) groups excluding carboxylic acids is 4. The van der Waals surface area contributed by atoms with Gasteiger partial charge >= 0.3 is 0 Å². The van der Waals surface area contributed by atoms with Gasteiger partial charge in [-0.25, -0.2) is 0 Å². The van der Waals surface area contributed by atoms with E-state index in [2.05, 4.69) is 0 Å². The Morgan fingerprint density at radius 3 is 0.889 bits per heavy atom. The Hall–Kier alpha value is -1.48. The number of hydrogen-bond acceptors (Lipinski definition) is 8. The van der Waals surface area contributed by atoms with E-state index < -0.39 is 33.9 Å². The molecule has 36 heavy (non-hydrogen) atoms. The van der Waals surface area contributed by atoms with Gasteiger partial charge in [-0.3, -0.25) is 19.2 Å². The highest BCUT2D eigenvalue weighted by Crippen LogP contribution is 2.20. The van der Waals surface area contributed by atoms with Crippen LogP contribution in [0.4, 0.5) is 0 Å². The summed E-state index contributed by atoms with van der Waals surface area (Å²) >= 11 is 0. The fourth-order valence-corrected chi connectivity index (χ4v) is 2.29. The summed E-state index contributed by atoms with van der Waals surface area (Å²) in [7, 11) is 0. The van der Waals surface area contributed by atoms with Crippen molar-refractivity contribution in [2.75, 3.05) is 39.6 Å². The third kappa shape index (κ3) is 13.7. The lowest BCUT2D eigenvalue weighted by Gasteiger charge is -2.29. The molecule has 0 aromatic carbocycles. The Balaban J connectivity index is 5.65. The lowest BCUT2D eigenvalue weighted by molar-refractivity contribution is -0.159. The van der Waals surface area contributed by atoms with Gasteiger partial charge < -0.3 is 18.9 Å². The first kappa shape index (κ1) is 34.5. The van der Waals surface area contributed by atoms with Crippen molar-refractivity contribution in [3.05, 3.63) is 0 Å². The fourth-order valence-electron chi connectivity index (χ4n) is 2.29. The molecule has 0 aliphatic heterocycles. The Labute approximate surface area is 218 Å². The van der Waals surface area contributed by atoms with Gasteiger partial charge in [0.25, 0.3) is 0 Å². The van der Waals surface area contributed by atoms with E-state index in [1.54, 1.807) is 83.1 Å². The first-order chi connectivity index (χ1) is 16.1. The van der Waals surface area contributed by atoms with Gasteiger partial charge in [-0.1, -0.05) is 83.1 Å². The quantitative estimate of drug-likeness (QED) is 0.319. The van der Waals surface area contributed by atoms with Gasteiger partial charge in [0.1, 0.15) is 38.6 Å². The van der Waals surface area contributed by atoms with Crippen molar-refractivity contribution in [3.63, 3.8) is 0 Å². The van der Waals surface area contributed by atoms with E-state index in [-0.39, 0.29) is 62.8 Å². The van der Waals surface area contributed by atoms with Crippen LogP contribution < -0.4 is 0 Å². The summed E-state index contributed by atoms with van der Waals surface area (Å²) in [6, 6.07) is 0. The van der Waals surface area contributed by atoms with Gasteiger partial charge in [0.2, 0.25) is 0 Å². The second-order valence-corrected chi connectivity index (χ2v) is 13.4. The maximum absolute atomic E-state index is 12.5. The van der Waals surface area contributed by atoms with Crippen molar-refractivity contribution in [1.82, 2.24) is 0 Å². The highest BCUT2D eigenvalue weighted by Gasteiger charge is 2.31. The van der Waals surface area contributed by atoms with Crippen LogP contribution in [-0.4, -0.2) is 75.0 Å². The molecule has 8 heteroatoms. The number of hydrogen-bond donors (Lipinski definition) is 0. The van der Waals surface area contributed by atoms with Crippen molar-refractivity contribution >= 4 is 23.1 Å². The molecule has 0 fully saturated rings. The Kier molecular flexibility index (Phi) is 13.3. The molecular weight excluding hydrogens is 464 g/mol. The van der Waals surface area contributed by atoms with Crippen molar-refractivity contribution in [3.8, 4) is 0 Å². The van der Waals surface area contributed by atoms with Crippen LogP contribution in [0.25, 0.3) is 0 Å². The molecule has 0 heterocycles. The molecular formula is C28H50O8. The summed E-state index contributed by atoms with van der Waals surface area (Å²) in [5.41, 5.74) is -2.35. The molecule has 8 nitrogen and oxygen atoms in total. The number of rotatable bonds is 15. The van der Waals surface area contributed by atoms with Gasteiger partial charge in [0, 0.05) is 21.7 Å². The SMILES string of the molecule is CC(C)(C)C(=O)COCC(OCC(=O)C(C)(C)C)C(COCC(=O)C(C)(C)C)OCC(=O)C(C)(C)C. The molecule has 0 N–H and O–H groups in total. The first-order valence-corrected chi connectivity index (χ1v) is 12.6. The van der Waals surface area contributed by atoms with Gasteiger partial charge in [0.05, 0.1) is 13.2 Å². The van der Waals surface area contributed by atoms with Crippen LogP contribution in [0.15, 0.2) is 0 Å². The first-order valence-electron chi connectivity index (χ1n) is 12.6. The van der Waals surface area contributed by atoms with Crippen LogP contribution >= 0.6 is 0 Å². The van der Waals surface area contributed by atoms with Crippen LogP contribution in [0.1, 0.15) is 83.1 Å². The minimum Gasteiger partial charge on any atom is -0.371 e. The molecule has 0 saturated heterocycles. The van der Waals surface area contributed by atoms with Crippen LogP contribution in [0.3, 0.4) is 0 Å². The van der Waals surface area contributed by atoms with Gasteiger partial charge in [-0.2, -0.15) is 0 Å². The number of ether oxygens (including phenoxy) is 4. The third-order valence-corrected chi connectivity index (χ3v) is 5.65. The van der Waals surface area contributed by atoms with Crippen LogP contribution in [0.2, 0.25) is 0 Å². The minimum atomic E-state index is -0.804. The summed E-state index contributed by atoms with van der Waals surface area (Å²) in [4.78, 5) is 49.7. The largest absolute Gasteiger partial charge is 0.371 e. The van der Waals surface area contributed by atoms with Crippen LogP contribution in [0, 0.1) is 21.7 Å². The Morgan fingerprint density at radius 2 is 0.667 bits per heavy atom. The van der Waals surface area contributed by atoms with Crippen molar-refractivity contribution in [2.24, 2.45) is 21.7 Å². The summed E-state index contributed by atoms with van der Waals surface area (Å²) in [5, 5.41) is 0. The summed E-state index contributed by atoms with van der Waals surface area (Å²) in [5.74, 6) is -0.405. The Bertz CT molecular complexity index is 677. The zero-order valence-corrected chi connectivity index (χ0v) is 24.7. The van der Waals surface area contributed by atoms with E-state index in [0.29, 0.717) is 0 Å². The predicted molar refractivity (Wildman–Crippen MR) is 139 cm³/mol. The molecule has 0 amide bonds. The molecule has 0 spiro atoms. The lowest BCUT2D eigenvalue weighted by atomic mass is 9.91. The zero-order chi connectivity index (χ0) is 28.5. The van der Waals surface area contributed by atoms with Gasteiger partial charge in [-0.15, -0.1) is 0 Å². The second kappa shape index (κ2) is 13.9. The molecule has 0 aliphatic rings. The third-order valence-electron chi connectivity index (χ3n) is 5.65. The van der Waals surface area contributed by atoms with E-state index >= 15 is 0 Å². The second-order valence-electron chi connectivity index (χ2n) is 13.4. The molecule has 0 aromatic heterocycles. The van der Waals surface area contributed by atoms with Gasteiger partial charge in [0.15, 0.2) is 23.1 Å².